The first kappa shape index (κ1) is 23.8. The maximum Gasteiger partial charge on any atom is 0.416 e. The van der Waals surface area contributed by atoms with Crippen LogP contribution in [0.15, 0.2) is 57.8 Å². The molecule has 1 amide bonds. The Morgan fingerprint density at radius 1 is 1.16 bits per heavy atom. The van der Waals surface area contributed by atoms with Crippen LogP contribution in [0.3, 0.4) is 0 Å². The van der Waals surface area contributed by atoms with Gasteiger partial charge in [0.1, 0.15) is 6.54 Å². The second kappa shape index (κ2) is 9.72. The third-order valence-corrected chi connectivity index (χ3v) is 5.08. The van der Waals surface area contributed by atoms with Crippen LogP contribution in [0.2, 0.25) is 0 Å². The van der Waals surface area contributed by atoms with Crippen LogP contribution in [0.5, 0.6) is 0 Å². The van der Waals surface area contributed by atoms with Gasteiger partial charge in [-0.05, 0) is 35.7 Å². The van der Waals surface area contributed by atoms with E-state index < -0.39 is 23.3 Å². The molecule has 3 rings (SSSR count). The lowest BCUT2D eigenvalue weighted by molar-refractivity contribution is -0.137. The zero-order valence-corrected chi connectivity index (χ0v) is 19.1. The van der Waals surface area contributed by atoms with Gasteiger partial charge in [0.25, 0.3) is 0 Å². The number of benzene rings is 2. The molecule has 1 heterocycles. The maximum atomic E-state index is 12.9. The zero-order valence-electron chi connectivity index (χ0n) is 17.5. The fraction of sp³-hybridized carbons (Fsp3) is 0.318. The topological polar surface area (TPSA) is 68.9 Å². The van der Waals surface area contributed by atoms with Gasteiger partial charge in [-0.25, -0.2) is 9.48 Å². The summed E-state index contributed by atoms with van der Waals surface area (Å²) >= 11 is 3.40. The molecule has 0 aliphatic carbocycles. The van der Waals surface area contributed by atoms with Gasteiger partial charge in [0.15, 0.2) is 5.82 Å². The second-order valence-corrected chi connectivity index (χ2v) is 8.67. The van der Waals surface area contributed by atoms with Gasteiger partial charge >= 0.3 is 11.9 Å². The summed E-state index contributed by atoms with van der Waals surface area (Å²) in [6.45, 7) is 3.92. The molecule has 0 aliphatic rings. The van der Waals surface area contributed by atoms with E-state index >= 15 is 0 Å². The van der Waals surface area contributed by atoms with E-state index in [2.05, 4.69) is 26.3 Å². The van der Waals surface area contributed by atoms with Crippen molar-refractivity contribution in [1.29, 1.82) is 0 Å². The number of amides is 1. The molecule has 170 valence electrons. The SMILES string of the molecule is CC(C)Cn1c(-c2cccc(Br)c2)nn(CC(=O)NCc2cccc(C(F)(F)F)c2)c1=O. The number of hydrogen-bond acceptors (Lipinski definition) is 3. The van der Waals surface area contributed by atoms with Crippen LogP contribution in [-0.4, -0.2) is 20.3 Å². The van der Waals surface area contributed by atoms with Crippen LogP contribution in [0, 0.1) is 5.92 Å². The molecule has 1 N–H and O–H groups in total. The summed E-state index contributed by atoms with van der Waals surface area (Å²) in [6.07, 6.45) is -4.46. The van der Waals surface area contributed by atoms with Gasteiger partial charge in [-0.2, -0.15) is 13.2 Å². The lowest BCUT2D eigenvalue weighted by Gasteiger charge is -2.09. The number of hydrogen-bond donors (Lipinski definition) is 1. The van der Waals surface area contributed by atoms with E-state index in [4.69, 9.17) is 0 Å². The molecule has 0 aliphatic heterocycles. The maximum absolute atomic E-state index is 12.9. The van der Waals surface area contributed by atoms with E-state index in [1.807, 2.05) is 38.1 Å². The molecule has 0 saturated carbocycles. The van der Waals surface area contributed by atoms with Gasteiger partial charge in [-0.15, -0.1) is 5.10 Å². The van der Waals surface area contributed by atoms with Crippen LogP contribution < -0.4 is 11.0 Å². The first-order valence-electron chi connectivity index (χ1n) is 9.91. The molecule has 0 radical (unpaired) electrons. The minimum Gasteiger partial charge on any atom is -0.350 e. The van der Waals surface area contributed by atoms with Crippen molar-refractivity contribution in [2.75, 3.05) is 0 Å². The van der Waals surface area contributed by atoms with Gasteiger partial charge in [-0.3, -0.25) is 9.36 Å². The van der Waals surface area contributed by atoms with E-state index in [0.29, 0.717) is 17.9 Å². The minimum atomic E-state index is -4.46. The van der Waals surface area contributed by atoms with E-state index in [1.165, 1.54) is 16.7 Å². The fourth-order valence-corrected chi connectivity index (χ4v) is 3.56. The minimum absolute atomic E-state index is 0.0945. The molecule has 32 heavy (non-hydrogen) atoms. The Labute approximate surface area is 191 Å². The summed E-state index contributed by atoms with van der Waals surface area (Å²) < 4.78 is 42.0. The molecule has 10 heteroatoms. The van der Waals surface area contributed by atoms with Crippen molar-refractivity contribution in [2.24, 2.45) is 5.92 Å². The van der Waals surface area contributed by atoms with Gasteiger partial charge < -0.3 is 5.32 Å². The predicted molar refractivity (Wildman–Crippen MR) is 118 cm³/mol. The molecule has 0 unspecified atom stereocenters. The van der Waals surface area contributed by atoms with Crippen molar-refractivity contribution in [3.8, 4) is 11.4 Å². The van der Waals surface area contributed by atoms with Crippen molar-refractivity contribution in [2.45, 2.75) is 39.7 Å². The molecule has 2 aromatic carbocycles. The Hall–Kier alpha value is -2.88. The standard InChI is InChI=1S/C22H22BrF3N4O2/c1-14(2)12-29-20(16-6-4-8-18(23)10-16)28-30(21(29)32)13-19(31)27-11-15-5-3-7-17(9-15)22(24,25)26/h3-10,14H,11-13H2,1-2H3,(H,27,31). The van der Waals surface area contributed by atoms with Gasteiger partial charge in [0, 0.05) is 23.1 Å². The van der Waals surface area contributed by atoms with Crippen LogP contribution in [0.25, 0.3) is 11.4 Å². The molecule has 0 saturated heterocycles. The summed E-state index contributed by atoms with van der Waals surface area (Å²) in [5, 5.41) is 6.90. The van der Waals surface area contributed by atoms with Crippen molar-refractivity contribution in [3.05, 3.63) is 74.6 Å². The second-order valence-electron chi connectivity index (χ2n) is 7.75. The van der Waals surface area contributed by atoms with Gasteiger partial charge in [0.2, 0.25) is 5.91 Å². The number of carbonyl (C=O) groups excluding carboxylic acids is 1. The molecule has 3 aromatic rings. The molecule has 0 fully saturated rings. The average Bonchev–Trinajstić information content (AvgIpc) is 3.01. The largest absolute Gasteiger partial charge is 0.416 e. The highest BCUT2D eigenvalue weighted by Crippen LogP contribution is 2.29. The van der Waals surface area contributed by atoms with Crippen LogP contribution in [0.1, 0.15) is 25.0 Å². The summed E-state index contributed by atoms with van der Waals surface area (Å²) in [4.78, 5) is 25.3. The summed E-state index contributed by atoms with van der Waals surface area (Å²) in [6, 6.07) is 12.1. The Kier molecular flexibility index (Phi) is 7.22. The van der Waals surface area contributed by atoms with Gasteiger partial charge in [-0.1, -0.05) is 54.0 Å². The quantitative estimate of drug-likeness (QED) is 0.509. The number of alkyl halides is 3. The third kappa shape index (κ3) is 5.87. The monoisotopic (exact) mass is 510 g/mol. The van der Waals surface area contributed by atoms with Crippen LogP contribution in [0.4, 0.5) is 13.2 Å². The first-order valence-corrected chi connectivity index (χ1v) is 10.7. The average molecular weight is 511 g/mol. The lowest BCUT2D eigenvalue weighted by Crippen LogP contribution is -2.34. The molecular weight excluding hydrogens is 489 g/mol. The van der Waals surface area contributed by atoms with Crippen molar-refractivity contribution < 1.29 is 18.0 Å². The number of rotatable bonds is 7. The number of carbonyl (C=O) groups is 1. The van der Waals surface area contributed by atoms with Crippen molar-refractivity contribution in [1.82, 2.24) is 19.7 Å². The highest BCUT2D eigenvalue weighted by Gasteiger charge is 2.30. The summed E-state index contributed by atoms with van der Waals surface area (Å²) in [7, 11) is 0. The van der Waals surface area contributed by atoms with Crippen LogP contribution in [-0.2, 0) is 30.6 Å². The Morgan fingerprint density at radius 3 is 2.53 bits per heavy atom. The third-order valence-electron chi connectivity index (χ3n) is 4.59. The lowest BCUT2D eigenvalue weighted by atomic mass is 10.1. The molecule has 0 spiro atoms. The molecule has 1 aromatic heterocycles. The number of nitrogens with one attached hydrogen (secondary N) is 1. The van der Waals surface area contributed by atoms with E-state index in [1.54, 1.807) is 0 Å². The van der Waals surface area contributed by atoms with Crippen molar-refractivity contribution >= 4 is 21.8 Å². The molecule has 0 bridgehead atoms. The smallest absolute Gasteiger partial charge is 0.350 e. The number of halogens is 4. The Bertz CT molecular complexity index is 1170. The van der Waals surface area contributed by atoms with Gasteiger partial charge in [0.05, 0.1) is 5.56 Å². The fourth-order valence-electron chi connectivity index (χ4n) is 3.17. The Morgan fingerprint density at radius 2 is 1.88 bits per heavy atom. The van der Waals surface area contributed by atoms with E-state index in [0.717, 1.165) is 26.9 Å². The summed E-state index contributed by atoms with van der Waals surface area (Å²) in [5.74, 6) is 0.0844. The normalized spacial score (nSPS) is 11.7. The molecule has 6 nitrogen and oxygen atoms in total. The number of aromatic nitrogens is 3. The molecular formula is C22H22BrF3N4O2. The predicted octanol–water partition coefficient (Wildman–Crippen LogP) is 4.47. The highest BCUT2D eigenvalue weighted by atomic mass is 79.9. The van der Waals surface area contributed by atoms with Crippen LogP contribution >= 0.6 is 15.9 Å². The zero-order chi connectivity index (χ0) is 23.5. The first-order chi connectivity index (χ1) is 15.0. The number of nitrogens with zero attached hydrogens (tertiary/aromatic N) is 3. The molecule has 0 atom stereocenters. The van der Waals surface area contributed by atoms with E-state index in [-0.39, 0.29) is 19.0 Å². The summed E-state index contributed by atoms with van der Waals surface area (Å²) in [5.41, 5.74) is -0.185. The van der Waals surface area contributed by atoms with Crippen molar-refractivity contribution in [3.63, 3.8) is 0 Å². The Balaban J connectivity index is 1.78. The highest BCUT2D eigenvalue weighted by molar-refractivity contribution is 9.10. The van der Waals surface area contributed by atoms with E-state index in [9.17, 15) is 22.8 Å².